The van der Waals surface area contributed by atoms with Crippen LogP contribution in [-0.4, -0.2) is 15.6 Å². The van der Waals surface area contributed by atoms with E-state index in [1.807, 2.05) is 12.1 Å². The Labute approximate surface area is 187 Å². The van der Waals surface area contributed by atoms with E-state index in [1.165, 1.54) is 16.3 Å². The third-order valence-electron chi connectivity index (χ3n) is 5.47. The first-order valence-corrected chi connectivity index (χ1v) is 11.2. The standard InChI is InChI=1S/C26H18INO2/c27-16-17-8-10-19(11-9-17)25-15-23-22-7-2-1-4-18(22)12-13-24(23)28(25)21-6-3-5-20(14-21)26(29)30/h1-15H,16H2,(H,29,30). The highest BCUT2D eigenvalue weighted by Gasteiger charge is 2.15. The lowest BCUT2D eigenvalue weighted by Gasteiger charge is -2.13. The van der Waals surface area contributed by atoms with E-state index in [0.29, 0.717) is 0 Å². The summed E-state index contributed by atoms with van der Waals surface area (Å²) < 4.78 is 3.12. The lowest BCUT2D eigenvalue weighted by atomic mass is 10.1. The first kappa shape index (κ1) is 18.9. The van der Waals surface area contributed by atoms with E-state index in [4.69, 9.17) is 0 Å². The van der Waals surface area contributed by atoms with E-state index < -0.39 is 5.97 Å². The first-order valence-electron chi connectivity index (χ1n) is 9.68. The number of carboxylic acid groups (broad SMARTS) is 1. The van der Waals surface area contributed by atoms with Crippen molar-refractivity contribution in [2.45, 2.75) is 4.43 Å². The van der Waals surface area contributed by atoms with E-state index in [2.05, 4.69) is 87.8 Å². The largest absolute Gasteiger partial charge is 0.478 e. The fourth-order valence-electron chi connectivity index (χ4n) is 4.00. The Hall–Kier alpha value is -3.12. The summed E-state index contributed by atoms with van der Waals surface area (Å²) in [7, 11) is 0. The van der Waals surface area contributed by atoms with Gasteiger partial charge in [0.25, 0.3) is 0 Å². The molecule has 0 atom stereocenters. The number of hydrogen-bond donors (Lipinski definition) is 1. The summed E-state index contributed by atoms with van der Waals surface area (Å²) in [6, 6.07) is 30.5. The molecule has 30 heavy (non-hydrogen) atoms. The zero-order chi connectivity index (χ0) is 20.7. The second-order valence-electron chi connectivity index (χ2n) is 7.27. The Balaban J connectivity index is 1.85. The SMILES string of the molecule is O=C(O)c1cccc(-n2c(-c3ccc(CI)cc3)cc3c4ccccc4ccc32)c1. The van der Waals surface area contributed by atoms with Crippen LogP contribution in [0.4, 0.5) is 0 Å². The molecule has 0 amide bonds. The molecule has 5 aromatic rings. The average Bonchev–Trinajstić information content (AvgIpc) is 3.19. The molecule has 0 aliphatic carbocycles. The topological polar surface area (TPSA) is 42.2 Å². The van der Waals surface area contributed by atoms with Gasteiger partial charge >= 0.3 is 5.97 Å². The second kappa shape index (κ2) is 7.61. The molecule has 0 aliphatic rings. The molecule has 4 heteroatoms. The van der Waals surface area contributed by atoms with Crippen molar-refractivity contribution in [2.24, 2.45) is 0 Å². The van der Waals surface area contributed by atoms with Gasteiger partial charge in [0.1, 0.15) is 0 Å². The van der Waals surface area contributed by atoms with Gasteiger partial charge in [0.05, 0.1) is 16.8 Å². The average molecular weight is 503 g/mol. The van der Waals surface area contributed by atoms with Gasteiger partial charge < -0.3 is 9.67 Å². The summed E-state index contributed by atoms with van der Waals surface area (Å²) in [5, 5.41) is 13.0. The molecule has 5 rings (SSSR count). The molecule has 1 aromatic heterocycles. The van der Waals surface area contributed by atoms with Crippen molar-refractivity contribution in [1.29, 1.82) is 0 Å². The molecule has 4 aromatic carbocycles. The molecule has 146 valence electrons. The van der Waals surface area contributed by atoms with Gasteiger partial charge in [-0.1, -0.05) is 83.3 Å². The molecular weight excluding hydrogens is 485 g/mol. The van der Waals surface area contributed by atoms with Gasteiger partial charge in [-0.05, 0) is 52.2 Å². The van der Waals surface area contributed by atoms with Crippen LogP contribution in [0.1, 0.15) is 15.9 Å². The van der Waals surface area contributed by atoms with E-state index in [0.717, 1.165) is 32.3 Å². The van der Waals surface area contributed by atoms with Gasteiger partial charge in [-0.25, -0.2) is 4.79 Å². The maximum atomic E-state index is 11.6. The van der Waals surface area contributed by atoms with Crippen molar-refractivity contribution >= 4 is 50.2 Å². The van der Waals surface area contributed by atoms with Crippen LogP contribution in [0.5, 0.6) is 0 Å². The Morgan fingerprint density at radius 1 is 0.833 bits per heavy atom. The quantitative estimate of drug-likeness (QED) is 0.210. The van der Waals surface area contributed by atoms with E-state index in [-0.39, 0.29) is 5.56 Å². The molecule has 3 nitrogen and oxygen atoms in total. The van der Waals surface area contributed by atoms with Crippen LogP contribution in [0.3, 0.4) is 0 Å². The molecule has 0 radical (unpaired) electrons. The predicted octanol–water partition coefficient (Wildman–Crippen LogP) is 7.08. The fraction of sp³-hybridized carbons (Fsp3) is 0.0385. The van der Waals surface area contributed by atoms with Gasteiger partial charge in [-0.3, -0.25) is 0 Å². The maximum absolute atomic E-state index is 11.6. The fourth-order valence-corrected chi connectivity index (χ4v) is 4.50. The number of fused-ring (bicyclic) bond motifs is 3. The minimum Gasteiger partial charge on any atom is -0.478 e. The summed E-state index contributed by atoms with van der Waals surface area (Å²) in [4.78, 5) is 11.6. The van der Waals surface area contributed by atoms with Crippen molar-refractivity contribution < 1.29 is 9.90 Å². The first-order chi connectivity index (χ1) is 14.7. The van der Waals surface area contributed by atoms with Crippen LogP contribution in [0, 0.1) is 0 Å². The van der Waals surface area contributed by atoms with Crippen molar-refractivity contribution in [3.63, 3.8) is 0 Å². The lowest BCUT2D eigenvalue weighted by Crippen LogP contribution is -2.01. The maximum Gasteiger partial charge on any atom is 0.335 e. The highest BCUT2D eigenvalue weighted by molar-refractivity contribution is 14.1. The highest BCUT2D eigenvalue weighted by Crippen LogP contribution is 2.36. The molecular formula is C26H18INO2. The van der Waals surface area contributed by atoms with Crippen molar-refractivity contribution in [3.05, 3.63) is 102 Å². The predicted molar refractivity (Wildman–Crippen MR) is 131 cm³/mol. The number of nitrogens with zero attached hydrogens (tertiary/aromatic N) is 1. The Morgan fingerprint density at radius 3 is 2.40 bits per heavy atom. The number of aromatic carboxylic acids is 1. The number of rotatable bonds is 4. The van der Waals surface area contributed by atoms with Crippen LogP contribution in [0.25, 0.3) is 38.6 Å². The van der Waals surface area contributed by atoms with Gasteiger partial charge in [0.2, 0.25) is 0 Å². The molecule has 0 saturated carbocycles. The molecule has 0 bridgehead atoms. The third kappa shape index (κ3) is 3.17. The molecule has 0 aliphatic heterocycles. The molecule has 0 unspecified atom stereocenters. The van der Waals surface area contributed by atoms with Crippen LogP contribution in [0.2, 0.25) is 0 Å². The highest BCUT2D eigenvalue weighted by atomic mass is 127. The Morgan fingerprint density at radius 2 is 1.63 bits per heavy atom. The van der Waals surface area contributed by atoms with Gasteiger partial charge in [0.15, 0.2) is 0 Å². The lowest BCUT2D eigenvalue weighted by molar-refractivity contribution is 0.0697. The zero-order valence-electron chi connectivity index (χ0n) is 16.0. The molecule has 0 fully saturated rings. The number of carboxylic acids is 1. The van der Waals surface area contributed by atoms with Gasteiger partial charge in [-0.2, -0.15) is 0 Å². The summed E-state index contributed by atoms with van der Waals surface area (Å²) in [6.07, 6.45) is 0. The van der Waals surface area contributed by atoms with Gasteiger partial charge in [0, 0.05) is 15.5 Å². The molecule has 1 heterocycles. The molecule has 0 saturated heterocycles. The second-order valence-corrected chi connectivity index (χ2v) is 8.03. The van der Waals surface area contributed by atoms with Crippen molar-refractivity contribution in [1.82, 2.24) is 4.57 Å². The number of alkyl halides is 1. The monoisotopic (exact) mass is 503 g/mol. The van der Waals surface area contributed by atoms with Gasteiger partial charge in [-0.15, -0.1) is 0 Å². The molecule has 0 spiro atoms. The molecule has 1 N–H and O–H groups in total. The van der Waals surface area contributed by atoms with E-state index in [9.17, 15) is 9.90 Å². The van der Waals surface area contributed by atoms with Crippen LogP contribution >= 0.6 is 22.6 Å². The zero-order valence-corrected chi connectivity index (χ0v) is 18.2. The van der Waals surface area contributed by atoms with Crippen LogP contribution in [0.15, 0.2) is 91.0 Å². The smallest absolute Gasteiger partial charge is 0.335 e. The minimum atomic E-state index is -0.924. The summed E-state index contributed by atoms with van der Waals surface area (Å²) >= 11 is 2.37. The number of hydrogen-bond acceptors (Lipinski definition) is 1. The Bertz CT molecular complexity index is 1400. The number of aromatic nitrogens is 1. The van der Waals surface area contributed by atoms with E-state index >= 15 is 0 Å². The number of carbonyl (C=O) groups is 1. The summed E-state index contributed by atoms with van der Waals surface area (Å²) in [5.41, 5.74) is 5.60. The van der Waals surface area contributed by atoms with E-state index in [1.54, 1.807) is 18.2 Å². The summed E-state index contributed by atoms with van der Waals surface area (Å²) in [5.74, 6) is -0.924. The third-order valence-corrected chi connectivity index (χ3v) is 6.35. The number of halogens is 1. The minimum absolute atomic E-state index is 0.279. The summed E-state index contributed by atoms with van der Waals surface area (Å²) in [6.45, 7) is 0. The van der Waals surface area contributed by atoms with Crippen LogP contribution < -0.4 is 0 Å². The number of benzene rings is 4. The normalized spacial score (nSPS) is 11.2. The van der Waals surface area contributed by atoms with Crippen molar-refractivity contribution in [3.8, 4) is 16.9 Å². The van der Waals surface area contributed by atoms with Crippen molar-refractivity contribution in [2.75, 3.05) is 0 Å². The van der Waals surface area contributed by atoms with Crippen LogP contribution in [-0.2, 0) is 4.43 Å². The Kier molecular flexibility index (Phi) is 4.79.